The molecule has 2 heteroatoms. The number of hydrogen-bond acceptors (Lipinski definition) is 0. The van der Waals surface area contributed by atoms with Gasteiger partial charge in [0.25, 0.3) is 0 Å². The van der Waals surface area contributed by atoms with E-state index in [9.17, 15) is 8.78 Å². The number of halogens is 2. The van der Waals surface area contributed by atoms with Crippen LogP contribution in [0, 0.1) is 11.6 Å². The molecule has 0 aliphatic carbocycles. The van der Waals surface area contributed by atoms with Gasteiger partial charge in [0.2, 0.25) is 0 Å². The van der Waals surface area contributed by atoms with E-state index in [4.69, 9.17) is 0 Å². The van der Waals surface area contributed by atoms with E-state index in [1.807, 2.05) is 19.1 Å². The fourth-order valence-corrected chi connectivity index (χ4v) is 1.99. The first kappa shape index (κ1) is 10.8. The Bertz CT molecular complexity index is 556. The molecule has 2 rings (SSSR count). The third-order valence-electron chi connectivity index (χ3n) is 2.77. The quantitative estimate of drug-likeness (QED) is 0.704. The van der Waals surface area contributed by atoms with Crippen molar-refractivity contribution in [3.05, 3.63) is 53.6 Å². The van der Waals surface area contributed by atoms with Gasteiger partial charge in [-0.3, -0.25) is 0 Å². The van der Waals surface area contributed by atoms with Crippen LogP contribution in [0.15, 0.2) is 30.8 Å². The highest BCUT2D eigenvalue weighted by molar-refractivity contribution is 5.93. The molecule has 0 unspecified atom stereocenters. The van der Waals surface area contributed by atoms with Gasteiger partial charge in [-0.1, -0.05) is 37.8 Å². The Morgan fingerprint density at radius 3 is 2.69 bits per heavy atom. The van der Waals surface area contributed by atoms with Crippen LogP contribution in [-0.2, 0) is 6.42 Å². The summed E-state index contributed by atoms with van der Waals surface area (Å²) in [5.41, 5.74) is 1.26. The molecule has 2 aromatic rings. The Kier molecular flexibility index (Phi) is 2.73. The van der Waals surface area contributed by atoms with Crippen molar-refractivity contribution in [1.29, 1.82) is 0 Å². The van der Waals surface area contributed by atoms with Gasteiger partial charge in [-0.05, 0) is 28.8 Å². The normalized spacial score (nSPS) is 10.7. The molecule has 0 aliphatic heterocycles. The smallest absolute Gasteiger partial charge is 0.166 e. The van der Waals surface area contributed by atoms with Gasteiger partial charge >= 0.3 is 0 Å². The monoisotopic (exact) mass is 218 g/mol. The van der Waals surface area contributed by atoms with E-state index in [0.717, 1.165) is 17.4 Å². The number of fused-ring (bicyclic) bond motifs is 1. The van der Waals surface area contributed by atoms with Crippen molar-refractivity contribution >= 4 is 16.8 Å². The van der Waals surface area contributed by atoms with Crippen LogP contribution < -0.4 is 0 Å². The predicted molar refractivity (Wildman–Crippen MR) is 63.3 cm³/mol. The predicted octanol–water partition coefficient (Wildman–Crippen LogP) is 4.32. The molecule has 0 saturated carbocycles. The average molecular weight is 218 g/mol. The van der Waals surface area contributed by atoms with E-state index in [1.165, 1.54) is 12.1 Å². The summed E-state index contributed by atoms with van der Waals surface area (Å²) in [5, 5.41) is 1.48. The minimum atomic E-state index is -0.823. The van der Waals surface area contributed by atoms with Gasteiger partial charge < -0.3 is 0 Å². The summed E-state index contributed by atoms with van der Waals surface area (Å²) in [6.45, 7) is 5.54. The molecule has 0 aromatic heterocycles. The minimum absolute atomic E-state index is 0.257. The lowest BCUT2D eigenvalue weighted by Crippen LogP contribution is -1.94. The van der Waals surface area contributed by atoms with E-state index in [0.29, 0.717) is 5.39 Å². The van der Waals surface area contributed by atoms with Gasteiger partial charge in [0.15, 0.2) is 11.6 Å². The fraction of sp³-hybridized carbons (Fsp3) is 0.143. The summed E-state index contributed by atoms with van der Waals surface area (Å²) < 4.78 is 26.9. The zero-order valence-electron chi connectivity index (χ0n) is 9.06. The molecule has 0 fully saturated rings. The Balaban J connectivity index is 2.97. The maximum absolute atomic E-state index is 13.6. The second-order valence-electron chi connectivity index (χ2n) is 3.66. The number of rotatable bonds is 2. The summed E-state index contributed by atoms with van der Waals surface area (Å²) in [7, 11) is 0. The first-order chi connectivity index (χ1) is 7.69. The van der Waals surface area contributed by atoms with E-state index in [-0.39, 0.29) is 5.56 Å². The Morgan fingerprint density at radius 2 is 2.06 bits per heavy atom. The molecular weight excluding hydrogens is 206 g/mol. The first-order valence-corrected chi connectivity index (χ1v) is 5.21. The van der Waals surface area contributed by atoms with Crippen molar-refractivity contribution in [2.45, 2.75) is 13.3 Å². The third-order valence-corrected chi connectivity index (χ3v) is 2.77. The Morgan fingerprint density at radius 1 is 1.31 bits per heavy atom. The van der Waals surface area contributed by atoms with Crippen LogP contribution in [0.3, 0.4) is 0 Å². The molecule has 82 valence electrons. The Hall–Kier alpha value is -1.70. The zero-order chi connectivity index (χ0) is 11.7. The lowest BCUT2D eigenvalue weighted by molar-refractivity contribution is 0.509. The second kappa shape index (κ2) is 4.05. The molecule has 0 radical (unpaired) electrons. The second-order valence-corrected chi connectivity index (χ2v) is 3.66. The molecule has 2 aromatic carbocycles. The zero-order valence-corrected chi connectivity index (χ0v) is 9.06. The molecular formula is C14H12F2. The molecule has 0 heterocycles. The molecule has 0 saturated heterocycles. The van der Waals surface area contributed by atoms with Crippen molar-refractivity contribution in [1.82, 2.24) is 0 Å². The molecule has 0 nitrogen and oxygen atoms in total. The molecule has 0 N–H and O–H groups in total. The molecule has 0 aliphatic rings. The van der Waals surface area contributed by atoms with Crippen LogP contribution >= 0.6 is 0 Å². The average Bonchev–Trinajstić information content (AvgIpc) is 2.30. The van der Waals surface area contributed by atoms with Crippen molar-refractivity contribution in [2.75, 3.05) is 0 Å². The van der Waals surface area contributed by atoms with Crippen LogP contribution in [0.4, 0.5) is 8.78 Å². The summed E-state index contributed by atoms with van der Waals surface area (Å²) in [5.74, 6) is -1.64. The molecule has 0 spiro atoms. The van der Waals surface area contributed by atoms with Crippen LogP contribution in [0.1, 0.15) is 18.1 Å². The molecule has 0 amide bonds. The highest BCUT2D eigenvalue weighted by Crippen LogP contribution is 2.28. The lowest BCUT2D eigenvalue weighted by atomic mass is 9.97. The first-order valence-electron chi connectivity index (χ1n) is 5.21. The van der Waals surface area contributed by atoms with Gasteiger partial charge in [-0.15, -0.1) is 0 Å². The van der Waals surface area contributed by atoms with E-state index < -0.39 is 11.6 Å². The van der Waals surface area contributed by atoms with Gasteiger partial charge in [0.05, 0.1) is 0 Å². The van der Waals surface area contributed by atoms with Crippen molar-refractivity contribution in [2.24, 2.45) is 0 Å². The summed E-state index contributed by atoms with van der Waals surface area (Å²) in [4.78, 5) is 0. The fourth-order valence-electron chi connectivity index (χ4n) is 1.99. The van der Waals surface area contributed by atoms with Gasteiger partial charge in [0.1, 0.15) is 0 Å². The molecule has 0 atom stereocenters. The highest BCUT2D eigenvalue weighted by Gasteiger charge is 2.12. The number of hydrogen-bond donors (Lipinski definition) is 0. The largest absolute Gasteiger partial charge is 0.204 e. The van der Waals surface area contributed by atoms with Crippen LogP contribution in [-0.4, -0.2) is 0 Å². The summed E-state index contributed by atoms with van der Waals surface area (Å²) >= 11 is 0. The van der Waals surface area contributed by atoms with Crippen LogP contribution in [0.2, 0.25) is 0 Å². The van der Waals surface area contributed by atoms with Crippen molar-refractivity contribution in [3.8, 4) is 0 Å². The van der Waals surface area contributed by atoms with Crippen molar-refractivity contribution in [3.63, 3.8) is 0 Å². The lowest BCUT2D eigenvalue weighted by Gasteiger charge is -2.09. The van der Waals surface area contributed by atoms with Crippen LogP contribution in [0.5, 0.6) is 0 Å². The summed E-state index contributed by atoms with van der Waals surface area (Å²) in [6, 6.07) is 6.79. The molecule has 16 heavy (non-hydrogen) atoms. The van der Waals surface area contributed by atoms with E-state index in [1.54, 1.807) is 6.07 Å². The van der Waals surface area contributed by atoms with Gasteiger partial charge in [-0.25, -0.2) is 8.78 Å². The number of aryl methyl sites for hydroxylation is 1. The van der Waals surface area contributed by atoms with E-state index in [2.05, 4.69) is 6.58 Å². The number of benzene rings is 2. The maximum Gasteiger partial charge on any atom is 0.166 e. The molecule has 0 bridgehead atoms. The highest BCUT2D eigenvalue weighted by atomic mass is 19.2. The van der Waals surface area contributed by atoms with Crippen molar-refractivity contribution < 1.29 is 8.78 Å². The SMILES string of the molecule is C=Cc1c(F)c(F)cc2cccc(CC)c12. The maximum atomic E-state index is 13.6. The van der Waals surface area contributed by atoms with Gasteiger partial charge in [0, 0.05) is 5.56 Å². The van der Waals surface area contributed by atoms with Gasteiger partial charge in [-0.2, -0.15) is 0 Å². The third kappa shape index (κ3) is 1.51. The topological polar surface area (TPSA) is 0 Å². The standard InChI is InChI=1S/C14H12F2/c1-3-9-6-5-7-10-8-12(15)14(16)11(4-2)13(9)10/h4-8H,2-3H2,1H3. The Labute approximate surface area is 93.2 Å². The van der Waals surface area contributed by atoms with E-state index >= 15 is 0 Å². The summed E-state index contributed by atoms with van der Waals surface area (Å²) in [6.07, 6.45) is 2.16. The van der Waals surface area contributed by atoms with Crippen LogP contribution in [0.25, 0.3) is 16.8 Å². The minimum Gasteiger partial charge on any atom is -0.204 e.